The van der Waals surface area contributed by atoms with E-state index in [2.05, 4.69) is 216 Å². The van der Waals surface area contributed by atoms with Crippen molar-refractivity contribution in [2.45, 2.75) is 0 Å². The van der Waals surface area contributed by atoms with Crippen LogP contribution in [0.25, 0.3) is 80.7 Å². The first kappa shape index (κ1) is 31.6. The summed E-state index contributed by atoms with van der Waals surface area (Å²) in [5.41, 5.74) is 11.8. The summed E-state index contributed by atoms with van der Waals surface area (Å²) in [5.74, 6) is 0. The third-order valence-corrected chi connectivity index (χ3v) is 12.2. The number of anilines is 3. The van der Waals surface area contributed by atoms with Gasteiger partial charge >= 0.3 is 0 Å². The zero-order valence-electron chi connectivity index (χ0n) is 29.9. The summed E-state index contributed by atoms with van der Waals surface area (Å²) in [5, 5.41) is 7.63. The van der Waals surface area contributed by atoms with E-state index >= 15 is 0 Å². The van der Waals surface area contributed by atoms with Gasteiger partial charge in [-0.3, -0.25) is 0 Å². The monoisotopic (exact) mass is 718 g/mol. The maximum Gasteiger partial charge on any atom is 0.0640 e. The Labute approximate surface area is 323 Å². The zero-order valence-corrected chi connectivity index (χ0v) is 30.7. The Bertz CT molecular complexity index is 3150. The Kier molecular flexibility index (Phi) is 7.39. The second-order valence-electron chi connectivity index (χ2n) is 14.1. The molecule has 0 saturated heterocycles. The molecule has 0 unspecified atom stereocenters. The van der Waals surface area contributed by atoms with Gasteiger partial charge in [0.1, 0.15) is 0 Å². The molecule has 3 heteroatoms. The van der Waals surface area contributed by atoms with Crippen LogP contribution in [0.15, 0.2) is 206 Å². The van der Waals surface area contributed by atoms with Crippen LogP contribution in [-0.4, -0.2) is 4.57 Å². The molecule has 0 N–H and O–H groups in total. The van der Waals surface area contributed by atoms with Crippen molar-refractivity contribution in [1.82, 2.24) is 4.57 Å². The summed E-state index contributed by atoms with van der Waals surface area (Å²) >= 11 is 1.87. The summed E-state index contributed by atoms with van der Waals surface area (Å²) in [6, 6.07) is 75.1. The van der Waals surface area contributed by atoms with Crippen LogP contribution in [0.3, 0.4) is 0 Å². The molecule has 0 atom stereocenters. The van der Waals surface area contributed by atoms with Crippen LogP contribution in [0.4, 0.5) is 17.1 Å². The van der Waals surface area contributed by atoms with Crippen LogP contribution < -0.4 is 4.90 Å². The second kappa shape index (κ2) is 12.9. The van der Waals surface area contributed by atoms with Gasteiger partial charge in [-0.15, -0.1) is 11.3 Å². The van der Waals surface area contributed by atoms with Gasteiger partial charge in [-0.2, -0.15) is 0 Å². The molecule has 2 heterocycles. The second-order valence-corrected chi connectivity index (χ2v) is 15.1. The van der Waals surface area contributed by atoms with E-state index in [-0.39, 0.29) is 0 Å². The van der Waals surface area contributed by atoms with Gasteiger partial charge in [0.2, 0.25) is 0 Å². The number of nitrogens with zero attached hydrogens (tertiary/aromatic N) is 2. The van der Waals surface area contributed by atoms with Gasteiger partial charge in [-0.1, -0.05) is 152 Å². The van der Waals surface area contributed by atoms with Gasteiger partial charge in [0.25, 0.3) is 0 Å². The van der Waals surface area contributed by atoms with E-state index in [0.29, 0.717) is 0 Å². The van der Waals surface area contributed by atoms with Crippen LogP contribution in [0.5, 0.6) is 0 Å². The van der Waals surface area contributed by atoms with Crippen molar-refractivity contribution >= 4 is 81.1 Å². The Hall–Kier alpha value is -6.94. The quantitative estimate of drug-likeness (QED) is 0.166. The predicted octanol–water partition coefficient (Wildman–Crippen LogP) is 15.1. The van der Waals surface area contributed by atoms with Crippen molar-refractivity contribution in [3.05, 3.63) is 206 Å². The van der Waals surface area contributed by atoms with Gasteiger partial charge in [0.15, 0.2) is 0 Å². The fraction of sp³-hybridized carbons (Fsp3) is 0. The number of rotatable bonds is 6. The highest BCUT2D eigenvalue weighted by atomic mass is 32.1. The first-order valence-corrected chi connectivity index (χ1v) is 19.6. The molecular formula is C52H34N2S. The van der Waals surface area contributed by atoms with E-state index in [4.69, 9.17) is 0 Å². The van der Waals surface area contributed by atoms with E-state index in [1.54, 1.807) is 0 Å². The van der Waals surface area contributed by atoms with E-state index in [0.717, 1.165) is 11.4 Å². The Morgan fingerprint density at radius 1 is 0.364 bits per heavy atom. The van der Waals surface area contributed by atoms with Crippen LogP contribution >= 0.6 is 11.3 Å². The van der Waals surface area contributed by atoms with E-state index in [1.807, 2.05) is 11.3 Å². The van der Waals surface area contributed by atoms with E-state index < -0.39 is 0 Å². The minimum Gasteiger partial charge on any atom is -0.309 e. The van der Waals surface area contributed by atoms with Crippen molar-refractivity contribution in [2.24, 2.45) is 0 Å². The summed E-state index contributed by atoms with van der Waals surface area (Å²) < 4.78 is 5.00. The van der Waals surface area contributed by atoms with Crippen LogP contribution in [0.1, 0.15) is 0 Å². The Morgan fingerprint density at radius 3 is 1.60 bits per heavy atom. The Morgan fingerprint density at radius 2 is 0.873 bits per heavy atom. The maximum absolute atomic E-state index is 2.42. The SMILES string of the molecule is c1ccc(-n2c3ccccc3c3ccccc32)c(-c2ccc(N(c3ccc(-c4cccc5ccccc45)cc3)c3cccc4c3sc3ccccc34)cc2)c1. The first-order chi connectivity index (χ1) is 27.3. The molecule has 11 rings (SSSR count). The van der Waals surface area contributed by atoms with Gasteiger partial charge in [-0.25, -0.2) is 0 Å². The molecule has 0 aliphatic rings. The minimum atomic E-state index is 1.11. The van der Waals surface area contributed by atoms with E-state index in [9.17, 15) is 0 Å². The molecule has 0 bridgehead atoms. The molecule has 55 heavy (non-hydrogen) atoms. The fourth-order valence-electron chi connectivity index (χ4n) is 8.49. The minimum absolute atomic E-state index is 1.11. The van der Waals surface area contributed by atoms with Crippen LogP contribution in [0, 0.1) is 0 Å². The van der Waals surface area contributed by atoms with Crippen molar-refractivity contribution < 1.29 is 0 Å². The number of para-hydroxylation sites is 3. The molecule has 2 aromatic heterocycles. The molecule has 0 amide bonds. The van der Waals surface area contributed by atoms with E-state index in [1.165, 1.54) is 86.4 Å². The molecule has 0 spiro atoms. The number of fused-ring (bicyclic) bond motifs is 7. The topological polar surface area (TPSA) is 8.17 Å². The lowest BCUT2D eigenvalue weighted by molar-refractivity contribution is 1.18. The summed E-state index contributed by atoms with van der Waals surface area (Å²) in [6.07, 6.45) is 0. The van der Waals surface area contributed by atoms with Gasteiger partial charge in [0.05, 0.1) is 27.1 Å². The predicted molar refractivity (Wildman–Crippen MR) is 237 cm³/mol. The van der Waals surface area contributed by atoms with Crippen molar-refractivity contribution in [3.8, 4) is 27.9 Å². The molecule has 2 nitrogen and oxygen atoms in total. The molecule has 0 saturated carbocycles. The largest absolute Gasteiger partial charge is 0.309 e. The highest BCUT2D eigenvalue weighted by Gasteiger charge is 2.20. The lowest BCUT2D eigenvalue weighted by Gasteiger charge is -2.26. The average molecular weight is 719 g/mol. The fourth-order valence-corrected chi connectivity index (χ4v) is 9.69. The maximum atomic E-state index is 2.42. The normalized spacial score (nSPS) is 11.6. The molecule has 0 aliphatic carbocycles. The number of benzene rings is 9. The first-order valence-electron chi connectivity index (χ1n) is 18.8. The van der Waals surface area contributed by atoms with Crippen LogP contribution in [0.2, 0.25) is 0 Å². The standard InChI is InChI=1S/C52H34N2S/c1-2-15-40-35(13-1)14-11-20-41(40)36-27-31-38(32-28-36)53(50-25-12-21-46-45-19-6-10-26-51(45)55-52(46)50)39-33-29-37(30-34-39)42-16-3-7-22-47(42)54-48-23-8-4-17-43(48)44-18-5-9-24-49(44)54/h1-34H. The van der Waals surface area contributed by atoms with Crippen molar-refractivity contribution in [3.63, 3.8) is 0 Å². The lowest BCUT2D eigenvalue weighted by atomic mass is 9.98. The number of hydrogen-bond acceptors (Lipinski definition) is 2. The number of aromatic nitrogens is 1. The highest BCUT2D eigenvalue weighted by Crippen LogP contribution is 2.46. The molecule has 258 valence electrons. The lowest BCUT2D eigenvalue weighted by Crippen LogP contribution is -2.10. The number of thiophene rings is 1. The molecule has 9 aromatic carbocycles. The highest BCUT2D eigenvalue weighted by molar-refractivity contribution is 7.26. The third kappa shape index (κ3) is 5.16. The van der Waals surface area contributed by atoms with Gasteiger partial charge in [-0.05, 0) is 82.1 Å². The Balaban J connectivity index is 1.06. The third-order valence-electron chi connectivity index (χ3n) is 11.0. The summed E-state index contributed by atoms with van der Waals surface area (Å²) in [6.45, 7) is 0. The molecular weight excluding hydrogens is 685 g/mol. The van der Waals surface area contributed by atoms with Crippen molar-refractivity contribution in [2.75, 3.05) is 4.90 Å². The molecule has 0 aliphatic heterocycles. The zero-order chi connectivity index (χ0) is 36.3. The van der Waals surface area contributed by atoms with Crippen molar-refractivity contribution in [1.29, 1.82) is 0 Å². The van der Waals surface area contributed by atoms with Crippen LogP contribution in [-0.2, 0) is 0 Å². The molecule has 11 aromatic rings. The smallest absolute Gasteiger partial charge is 0.0640 e. The summed E-state index contributed by atoms with van der Waals surface area (Å²) in [4.78, 5) is 2.42. The van der Waals surface area contributed by atoms with Gasteiger partial charge < -0.3 is 9.47 Å². The number of hydrogen-bond donors (Lipinski definition) is 0. The molecule has 0 radical (unpaired) electrons. The summed E-state index contributed by atoms with van der Waals surface area (Å²) in [7, 11) is 0. The van der Waals surface area contributed by atoms with Gasteiger partial charge in [0, 0.05) is 43.2 Å². The average Bonchev–Trinajstić information content (AvgIpc) is 3.81. The molecule has 0 fully saturated rings.